The maximum absolute atomic E-state index is 11.7. The first-order valence-corrected chi connectivity index (χ1v) is 11.5. The van der Waals surface area contributed by atoms with Crippen LogP contribution in [0.15, 0.2) is 54.6 Å². The fraction of sp³-hybridized carbons (Fsp3) is 0.286. The first-order valence-electron chi connectivity index (χ1n) is 11.5. The molecule has 0 aliphatic heterocycles. The van der Waals surface area contributed by atoms with Crippen LogP contribution < -0.4 is 15.4 Å². The minimum atomic E-state index is -0.389. The summed E-state index contributed by atoms with van der Waals surface area (Å²) in [5.41, 5.74) is 7.09. The molecule has 0 aliphatic carbocycles. The van der Waals surface area contributed by atoms with E-state index in [1.54, 1.807) is 7.11 Å². The molecule has 6 nitrogen and oxygen atoms in total. The number of pyridine rings is 1. The highest BCUT2D eigenvalue weighted by Gasteiger charge is 2.13. The van der Waals surface area contributed by atoms with Crippen LogP contribution in [0.2, 0.25) is 0 Å². The number of carbonyl (C=O) groups is 1. The number of hydrogen-bond acceptors (Lipinski definition) is 5. The largest absolute Gasteiger partial charge is 0.496 e. The predicted molar refractivity (Wildman–Crippen MR) is 138 cm³/mol. The molecule has 1 aromatic heterocycles. The molecule has 4 aromatic rings. The van der Waals surface area contributed by atoms with Crippen molar-refractivity contribution in [3.05, 3.63) is 71.3 Å². The summed E-state index contributed by atoms with van der Waals surface area (Å²) in [5.74, 6) is 0.820. The van der Waals surface area contributed by atoms with Gasteiger partial charge >= 0.3 is 6.09 Å². The Morgan fingerprint density at radius 1 is 1.00 bits per heavy atom. The lowest BCUT2D eigenvalue weighted by atomic mass is 10.0. The van der Waals surface area contributed by atoms with E-state index in [9.17, 15) is 4.79 Å². The average Bonchev–Trinajstić information content (AvgIpc) is 2.79. The lowest BCUT2D eigenvalue weighted by Crippen LogP contribution is -2.31. The standard InChI is InChI=1S/C28H31N3O3/c1-17(2)29-28(32)34-12-11-20-7-6-8-21(15-20)30-27-22-13-18(3)9-10-24(22)31-25-16-26(33-5)19(4)14-23(25)27/h6-10,13-17H,11-12H2,1-5H3,(H,29,32)(H,30,31). The highest BCUT2D eigenvalue weighted by atomic mass is 16.5. The van der Waals surface area contributed by atoms with Crippen molar-refractivity contribution in [3.8, 4) is 5.75 Å². The Hall–Kier alpha value is -3.80. The van der Waals surface area contributed by atoms with Gasteiger partial charge in [0, 0.05) is 35.0 Å². The summed E-state index contributed by atoms with van der Waals surface area (Å²) in [6.45, 7) is 8.26. The summed E-state index contributed by atoms with van der Waals surface area (Å²) in [5, 5.41) is 8.49. The van der Waals surface area contributed by atoms with Crippen molar-refractivity contribution in [3.63, 3.8) is 0 Å². The van der Waals surface area contributed by atoms with Gasteiger partial charge in [0.1, 0.15) is 5.75 Å². The van der Waals surface area contributed by atoms with Crippen molar-refractivity contribution >= 4 is 39.3 Å². The van der Waals surface area contributed by atoms with Gasteiger partial charge in [0.2, 0.25) is 0 Å². The Morgan fingerprint density at radius 2 is 1.79 bits per heavy atom. The van der Waals surface area contributed by atoms with Crippen LogP contribution in [0, 0.1) is 13.8 Å². The van der Waals surface area contributed by atoms with Gasteiger partial charge in [-0.2, -0.15) is 0 Å². The first-order chi connectivity index (χ1) is 16.3. The van der Waals surface area contributed by atoms with Crippen LogP contribution in [0.3, 0.4) is 0 Å². The van der Waals surface area contributed by atoms with Gasteiger partial charge in [-0.05, 0) is 69.2 Å². The van der Waals surface area contributed by atoms with Crippen LogP contribution >= 0.6 is 0 Å². The Labute approximate surface area is 200 Å². The number of carbonyl (C=O) groups excluding carboxylic acids is 1. The molecule has 0 fully saturated rings. The molecule has 6 heteroatoms. The van der Waals surface area contributed by atoms with Gasteiger partial charge in [-0.1, -0.05) is 23.8 Å². The molecule has 0 bridgehead atoms. The molecule has 1 amide bonds. The smallest absolute Gasteiger partial charge is 0.407 e. The lowest BCUT2D eigenvalue weighted by molar-refractivity contribution is 0.145. The summed E-state index contributed by atoms with van der Waals surface area (Å²) in [7, 11) is 1.68. The average molecular weight is 458 g/mol. The van der Waals surface area contributed by atoms with Crippen molar-refractivity contribution in [2.45, 2.75) is 40.2 Å². The number of nitrogens with one attached hydrogen (secondary N) is 2. The molecule has 0 atom stereocenters. The fourth-order valence-corrected chi connectivity index (χ4v) is 4.04. The second-order valence-electron chi connectivity index (χ2n) is 8.86. The number of amides is 1. The number of anilines is 2. The number of aryl methyl sites for hydroxylation is 2. The third-order valence-corrected chi connectivity index (χ3v) is 5.67. The molecule has 0 saturated heterocycles. The molecule has 4 rings (SSSR count). The number of benzene rings is 3. The Balaban J connectivity index is 1.67. The van der Waals surface area contributed by atoms with Gasteiger partial charge in [0.05, 0.1) is 30.4 Å². The van der Waals surface area contributed by atoms with E-state index in [-0.39, 0.29) is 12.1 Å². The number of methoxy groups -OCH3 is 1. The van der Waals surface area contributed by atoms with E-state index in [2.05, 4.69) is 47.9 Å². The number of alkyl carbamates (subject to hydrolysis) is 1. The van der Waals surface area contributed by atoms with Gasteiger partial charge in [-0.25, -0.2) is 9.78 Å². The zero-order chi connectivity index (χ0) is 24.2. The summed E-state index contributed by atoms with van der Waals surface area (Å²) in [4.78, 5) is 16.6. The summed E-state index contributed by atoms with van der Waals surface area (Å²) < 4.78 is 10.8. The van der Waals surface area contributed by atoms with Crippen molar-refractivity contribution in [1.82, 2.24) is 10.3 Å². The third-order valence-electron chi connectivity index (χ3n) is 5.67. The Morgan fingerprint density at radius 3 is 2.56 bits per heavy atom. The molecule has 0 aliphatic rings. The number of ether oxygens (including phenoxy) is 2. The van der Waals surface area contributed by atoms with Gasteiger partial charge in [-0.3, -0.25) is 0 Å². The summed E-state index contributed by atoms with van der Waals surface area (Å²) in [6, 6.07) is 18.6. The highest BCUT2D eigenvalue weighted by molar-refractivity contribution is 6.09. The molecule has 0 unspecified atom stereocenters. The van der Waals surface area contributed by atoms with Gasteiger partial charge in [0.15, 0.2) is 0 Å². The van der Waals surface area contributed by atoms with Gasteiger partial charge in [-0.15, -0.1) is 0 Å². The summed E-state index contributed by atoms with van der Waals surface area (Å²) in [6.07, 6.45) is 0.244. The number of fused-ring (bicyclic) bond motifs is 2. The SMILES string of the molecule is COc1cc2nc3ccc(C)cc3c(Nc3cccc(CCOC(=O)NC(C)C)c3)c2cc1C. The minimum Gasteiger partial charge on any atom is -0.496 e. The van der Waals surface area contributed by atoms with Gasteiger partial charge < -0.3 is 20.1 Å². The quantitative estimate of drug-likeness (QED) is 0.313. The van der Waals surface area contributed by atoms with Crippen LogP contribution in [0.4, 0.5) is 16.2 Å². The summed E-state index contributed by atoms with van der Waals surface area (Å²) >= 11 is 0. The normalized spacial score (nSPS) is 11.1. The van der Waals surface area contributed by atoms with Crippen molar-refractivity contribution in [1.29, 1.82) is 0 Å². The van der Waals surface area contributed by atoms with E-state index in [4.69, 9.17) is 14.5 Å². The molecule has 1 heterocycles. The van der Waals surface area contributed by atoms with Crippen molar-refractivity contribution in [2.75, 3.05) is 19.0 Å². The number of nitrogens with zero attached hydrogens (tertiary/aromatic N) is 1. The zero-order valence-electron chi connectivity index (χ0n) is 20.4. The molecule has 176 valence electrons. The zero-order valence-corrected chi connectivity index (χ0v) is 20.4. The second-order valence-corrected chi connectivity index (χ2v) is 8.86. The van der Waals surface area contributed by atoms with Gasteiger partial charge in [0.25, 0.3) is 0 Å². The molecule has 0 saturated carbocycles. The molecular formula is C28H31N3O3. The molecular weight excluding hydrogens is 426 g/mol. The van der Waals surface area contributed by atoms with E-state index < -0.39 is 0 Å². The number of rotatable bonds is 7. The lowest BCUT2D eigenvalue weighted by Gasteiger charge is -2.16. The molecule has 2 N–H and O–H groups in total. The molecule has 0 spiro atoms. The van der Waals surface area contributed by atoms with Crippen LogP contribution in [0.5, 0.6) is 5.75 Å². The maximum Gasteiger partial charge on any atom is 0.407 e. The molecule has 34 heavy (non-hydrogen) atoms. The van der Waals surface area contributed by atoms with Crippen LogP contribution in [0.1, 0.15) is 30.5 Å². The number of aromatic nitrogens is 1. The predicted octanol–water partition coefficient (Wildman–Crippen LogP) is 6.43. The van der Waals surface area contributed by atoms with E-state index in [0.29, 0.717) is 13.0 Å². The van der Waals surface area contributed by atoms with E-state index in [0.717, 1.165) is 50.1 Å². The second kappa shape index (κ2) is 10.00. The van der Waals surface area contributed by atoms with E-state index >= 15 is 0 Å². The minimum absolute atomic E-state index is 0.0530. The number of hydrogen-bond donors (Lipinski definition) is 2. The topological polar surface area (TPSA) is 72.5 Å². The third kappa shape index (κ3) is 5.22. The Kier molecular flexibility index (Phi) is 6.87. The monoisotopic (exact) mass is 457 g/mol. The Bertz CT molecular complexity index is 1350. The van der Waals surface area contributed by atoms with Crippen molar-refractivity contribution < 1.29 is 14.3 Å². The van der Waals surface area contributed by atoms with E-state index in [1.807, 2.05) is 45.0 Å². The van der Waals surface area contributed by atoms with Crippen molar-refractivity contribution in [2.24, 2.45) is 0 Å². The molecule has 0 radical (unpaired) electrons. The fourth-order valence-electron chi connectivity index (χ4n) is 4.04. The van der Waals surface area contributed by atoms with Crippen LogP contribution in [0.25, 0.3) is 21.8 Å². The highest BCUT2D eigenvalue weighted by Crippen LogP contribution is 2.36. The first kappa shape index (κ1) is 23.4. The van der Waals surface area contributed by atoms with Crippen LogP contribution in [-0.4, -0.2) is 30.8 Å². The van der Waals surface area contributed by atoms with Crippen LogP contribution in [-0.2, 0) is 11.2 Å². The maximum atomic E-state index is 11.7. The van der Waals surface area contributed by atoms with E-state index in [1.165, 1.54) is 5.56 Å². The molecule has 3 aromatic carbocycles.